The number of hydrogen-bond acceptors (Lipinski definition) is 0. The molecule has 0 aliphatic heterocycles. The van der Waals surface area contributed by atoms with Crippen LogP contribution in [0.5, 0.6) is 0 Å². The molecular formula is C10H12. The van der Waals surface area contributed by atoms with E-state index >= 15 is 0 Å². The van der Waals surface area contributed by atoms with E-state index in [1.165, 1.54) is 0 Å². The quantitative estimate of drug-likeness (QED) is 0.351. The Morgan fingerprint density at radius 1 is 0.700 bits per heavy atom. The Bertz CT molecular complexity index is 174. The third kappa shape index (κ3) is 3.14. The second-order valence-electron chi connectivity index (χ2n) is 2.32. The molecule has 0 radical (unpaired) electrons. The fourth-order valence-electron chi connectivity index (χ4n) is 0.857. The molecule has 1 aliphatic rings. The van der Waals surface area contributed by atoms with E-state index in [0.29, 0.717) is 0 Å². The van der Waals surface area contributed by atoms with Crippen LogP contribution in [0.15, 0.2) is 35.8 Å². The molecule has 0 aromatic heterocycles. The standard InChI is InChI=1S/C10H12/c1-2-4-6-8-10-9-7-5-3-1/h1-2,7-8H,3-6H2. The zero-order valence-electron chi connectivity index (χ0n) is 6.14. The van der Waals surface area contributed by atoms with Crippen molar-refractivity contribution in [2.24, 2.45) is 0 Å². The van der Waals surface area contributed by atoms with Gasteiger partial charge in [-0.2, -0.15) is 0 Å². The summed E-state index contributed by atoms with van der Waals surface area (Å²) in [5.74, 6) is 0. The molecule has 0 saturated carbocycles. The molecule has 0 N–H and O–H groups in total. The zero-order chi connectivity index (χ0) is 7.07. The van der Waals surface area contributed by atoms with Gasteiger partial charge in [-0.25, -0.2) is 0 Å². The van der Waals surface area contributed by atoms with Gasteiger partial charge in [0, 0.05) is 0 Å². The molecular weight excluding hydrogens is 120 g/mol. The van der Waals surface area contributed by atoms with E-state index in [1.54, 1.807) is 0 Å². The Kier molecular flexibility index (Phi) is 3.49. The van der Waals surface area contributed by atoms with E-state index in [1.807, 2.05) is 12.2 Å². The molecule has 0 aromatic rings. The predicted molar refractivity (Wildman–Crippen MR) is 43.8 cm³/mol. The molecule has 0 fully saturated rings. The van der Waals surface area contributed by atoms with Crippen molar-refractivity contribution >= 4 is 0 Å². The molecule has 10 heavy (non-hydrogen) atoms. The van der Waals surface area contributed by atoms with Crippen LogP contribution in [-0.2, 0) is 0 Å². The Balaban J connectivity index is 2.55. The molecule has 1 rings (SSSR count). The van der Waals surface area contributed by atoms with Gasteiger partial charge >= 0.3 is 0 Å². The second kappa shape index (κ2) is 4.88. The van der Waals surface area contributed by atoms with Crippen molar-refractivity contribution in [3.63, 3.8) is 0 Å². The summed E-state index contributed by atoms with van der Waals surface area (Å²) in [7, 11) is 0. The van der Waals surface area contributed by atoms with Crippen LogP contribution in [0.2, 0.25) is 0 Å². The van der Waals surface area contributed by atoms with Crippen molar-refractivity contribution < 1.29 is 0 Å². The lowest BCUT2D eigenvalue weighted by atomic mass is 10.2. The summed E-state index contributed by atoms with van der Waals surface area (Å²) in [5.41, 5.74) is 5.98. The first-order valence-corrected chi connectivity index (χ1v) is 3.79. The molecule has 0 atom stereocenters. The van der Waals surface area contributed by atoms with Crippen LogP contribution in [0.3, 0.4) is 0 Å². The minimum absolute atomic E-state index is 1.09. The normalized spacial score (nSPS) is 17.6. The van der Waals surface area contributed by atoms with E-state index < -0.39 is 0 Å². The van der Waals surface area contributed by atoms with Crippen molar-refractivity contribution in [2.45, 2.75) is 25.7 Å². The highest BCUT2D eigenvalue weighted by Crippen LogP contribution is 1.97. The molecule has 0 heteroatoms. The van der Waals surface area contributed by atoms with Crippen LogP contribution in [0.25, 0.3) is 0 Å². The van der Waals surface area contributed by atoms with Gasteiger partial charge in [0.2, 0.25) is 0 Å². The molecule has 0 heterocycles. The number of rotatable bonds is 0. The zero-order valence-corrected chi connectivity index (χ0v) is 6.14. The van der Waals surface area contributed by atoms with Gasteiger partial charge < -0.3 is 0 Å². The second-order valence-corrected chi connectivity index (χ2v) is 2.32. The molecule has 0 saturated heterocycles. The highest BCUT2D eigenvalue weighted by Gasteiger charge is 1.78. The van der Waals surface area contributed by atoms with Gasteiger partial charge in [-0.3, -0.25) is 0 Å². The molecule has 52 valence electrons. The Hall–Kier alpha value is -0.960. The fraction of sp³-hybridized carbons (Fsp3) is 0.400. The van der Waals surface area contributed by atoms with E-state index in [9.17, 15) is 0 Å². The largest absolute Gasteiger partial charge is 0.0882 e. The van der Waals surface area contributed by atoms with Gasteiger partial charge in [-0.1, -0.05) is 23.6 Å². The number of allylic oxidation sites excluding steroid dienone is 4. The average Bonchev–Trinajstić information content (AvgIpc) is 2.01. The smallest absolute Gasteiger partial charge is 0.0233 e. The molecule has 1 aliphatic carbocycles. The average molecular weight is 132 g/mol. The van der Waals surface area contributed by atoms with Crippen LogP contribution in [0.1, 0.15) is 25.7 Å². The maximum atomic E-state index is 2.99. The summed E-state index contributed by atoms with van der Waals surface area (Å²) >= 11 is 0. The van der Waals surface area contributed by atoms with Crippen molar-refractivity contribution in [3.05, 3.63) is 35.8 Å². The van der Waals surface area contributed by atoms with Gasteiger partial charge in [0.15, 0.2) is 0 Å². The molecule has 0 aromatic carbocycles. The lowest BCUT2D eigenvalue weighted by Crippen LogP contribution is -1.67. The topological polar surface area (TPSA) is 0 Å². The molecule has 0 unspecified atom stereocenters. The van der Waals surface area contributed by atoms with Crippen LogP contribution in [0.4, 0.5) is 0 Å². The van der Waals surface area contributed by atoms with E-state index in [-0.39, 0.29) is 0 Å². The predicted octanol–water partition coefficient (Wildman–Crippen LogP) is 2.98. The van der Waals surface area contributed by atoms with Crippen molar-refractivity contribution in [2.75, 3.05) is 0 Å². The van der Waals surface area contributed by atoms with Crippen molar-refractivity contribution in [3.8, 4) is 0 Å². The summed E-state index contributed by atoms with van der Waals surface area (Å²) in [6, 6.07) is 0. The first-order chi connectivity index (χ1) is 5.00. The molecule has 0 amide bonds. The monoisotopic (exact) mass is 132 g/mol. The maximum absolute atomic E-state index is 2.99. The van der Waals surface area contributed by atoms with Gasteiger partial charge in [0.1, 0.15) is 0 Å². The molecule has 0 spiro atoms. The van der Waals surface area contributed by atoms with Crippen molar-refractivity contribution in [1.29, 1.82) is 0 Å². The molecule has 0 bridgehead atoms. The van der Waals surface area contributed by atoms with E-state index in [0.717, 1.165) is 25.7 Å². The highest BCUT2D eigenvalue weighted by atomic mass is 13.8. The van der Waals surface area contributed by atoms with Crippen LogP contribution < -0.4 is 0 Å². The van der Waals surface area contributed by atoms with Gasteiger partial charge in [-0.05, 0) is 37.8 Å². The Morgan fingerprint density at radius 3 is 1.70 bits per heavy atom. The SMILES string of the molecule is C1=C=CCCC=CCCC=1. The first-order valence-electron chi connectivity index (χ1n) is 3.79. The lowest BCUT2D eigenvalue weighted by molar-refractivity contribution is 1.00. The van der Waals surface area contributed by atoms with E-state index in [4.69, 9.17) is 0 Å². The lowest BCUT2D eigenvalue weighted by Gasteiger charge is -1.86. The number of hydrogen-bond donors (Lipinski definition) is 0. The van der Waals surface area contributed by atoms with Crippen LogP contribution in [-0.4, -0.2) is 0 Å². The highest BCUT2D eigenvalue weighted by molar-refractivity contribution is 4.93. The van der Waals surface area contributed by atoms with Gasteiger partial charge in [-0.15, -0.1) is 0 Å². The van der Waals surface area contributed by atoms with Crippen LogP contribution >= 0.6 is 0 Å². The minimum Gasteiger partial charge on any atom is -0.0882 e. The van der Waals surface area contributed by atoms with Crippen LogP contribution in [0, 0.1) is 0 Å². The Labute approximate surface area is 62.3 Å². The molecule has 0 nitrogen and oxygen atoms in total. The van der Waals surface area contributed by atoms with Crippen molar-refractivity contribution in [1.82, 2.24) is 0 Å². The third-order valence-corrected chi connectivity index (χ3v) is 1.41. The maximum Gasteiger partial charge on any atom is -0.0233 e. The fourth-order valence-corrected chi connectivity index (χ4v) is 0.857. The van der Waals surface area contributed by atoms with Gasteiger partial charge in [0.05, 0.1) is 0 Å². The van der Waals surface area contributed by atoms with E-state index in [2.05, 4.69) is 23.6 Å². The van der Waals surface area contributed by atoms with Gasteiger partial charge in [0.25, 0.3) is 0 Å². The minimum atomic E-state index is 1.09. The summed E-state index contributed by atoms with van der Waals surface area (Å²) in [6.07, 6.45) is 13.0. The summed E-state index contributed by atoms with van der Waals surface area (Å²) in [4.78, 5) is 0. The summed E-state index contributed by atoms with van der Waals surface area (Å²) < 4.78 is 0. The third-order valence-electron chi connectivity index (χ3n) is 1.41. The summed E-state index contributed by atoms with van der Waals surface area (Å²) in [5, 5.41) is 0. The summed E-state index contributed by atoms with van der Waals surface area (Å²) in [6.45, 7) is 0. The Morgan fingerprint density at radius 2 is 1.20 bits per heavy atom. The first kappa shape index (κ1) is 7.15.